The molecule has 0 radical (unpaired) electrons. The van der Waals surface area contributed by atoms with Gasteiger partial charge in [0.25, 0.3) is 0 Å². The van der Waals surface area contributed by atoms with Crippen LogP contribution in [0, 0.1) is 11.3 Å². The van der Waals surface area contributed by atoms with Crippen molar-refractivity contribution in [3.63, 3.8) is 0 Å². The van der Waals surface area contributed by atoms with Crippen molar-refractivity contribution in [1.82, 2.24) is 10.2 Å². The van der Waals surface area contributed by atoms with Crippen LogP contribution in [0.1, 0.15) is 19.3 Å². The van der Waals surface area contributed by atoms with Crippen LogP contribution in [0.5, 0.6) is 0 Å². The maximum Gasteiger partial charge on any atom is 0.471 e. The highest BCUT2D eigenvalue weighted by Crippen LogP contribution is 2.37. The molecule has 2 amide bonds. The zero-order valence-electron chi connectivity index (χ0n) is 14.7. The third kappa shape index (κ3) is 4.04. The van der Waals surface area contributed by atoms with E-state index in [4.69, 9.17) is 16.9 Å². The number of hydrogen-bond acceptors (Lipinski definition) is 5. The van der Waals surface area contributed by atoms with Crippen LogP contribution in [0.25, 0.3) is 0 Å². The zero-order chi connectivity index (χ0) is 21.6. The molecule has 1 aromatic rings. The monoisotopic (exact) mass is 449 g/mol. The minimum Gasteiger partial charge on any atom is -0.336 e. The van der Waals surface area contributed by atoms with Gasteiger partial charge in [0, 0.05) is 6.54 Å². The number of hydrogen-bond donors (Lipinski definition) is 1. The first-order valence-corrected chi connectivity index (χ1v) is 10.4. The van der Waals surface area contributed by atoms with E-state index in [1.54, 1.807) is 0 Å². The summed E-state index contributed by atoms with van der Waals surface area (Å²) < 4.78 is 64.9. The first kappa shape index (κ1) is 21.4. The smallest absolute Gasteiger partial charge is 0.336 e. The van der Waals surface area contributed by atoms with Crippen molar-refractivity contribution in [3.8, 4) is 6.07 Å². The van der Waals surface area contributed by atoms with E-state index in [1.165, 1.54) is 24.3 Å². The summed E-state index contributed by atoms with van der Waals surface area (Å²) in [7, 11) is -4.22. The summed E-state index contributed by atoms with van der Waals surface area (Å²) in [6.45, 7) is -0.816. The summed E-state index contributed by atoms with van der Waals surface area (Å²) in [4.78, 5) is 24.3. The molecule has 156 valence electrons. The Hall–Kier alpha value is -2.32. The lowest BCUT2D eigenvalue weighted by atomic mass is 10.1. The molecule has 1 saturated heterocycles. The van der Waals surface area contributed by atoms with Crippen molar-refractivity contribution in [1.29, 1.82) is 5.26 Å². The lowest BCUT2D eigenvalue weighted by Gasteiger charge is -2.25. The van der Waals surface area contributed by atoms with Gasteiger partial charge in [-0.3, -0.25) is 9.59 Å². The second kappa shape index (κ2) is 7.18. The van der Waals surface area contributed by atoms with Crippen LogP contribution >= 0.6 is 11.6 Å². The molecule has 1 aliphatic heterocycles. The van der Waals surface area contributed by atoms with Crippen LogP contribution < -0.4 is 5.32 Å². The summed E-state index contributed by atoms with van der Waals surface area (Å²) >= 11 is 5.92. The summed E-state index contributed by atoms with van der Waals surface area (Å²) in [5.74, 6) is -3.30. The fourth-order valence-electron chi connectivity index (χ4n) is 3.22. The predicted octanol–water partition coefficient (Wildman–Crippen LogP) is 1.82. The van der Waals surface area contributed by atoms with Crippen LogP contribution in [0.2, 0.25) is 5.02 Å². The molecule has 1 saturated carbocycles. The van der Waals surface area contributed by atoms with Crippen molar-refractivity contribution in [2.75, 3.05) is 6.54 Å². The van der Waals surface area contributed by atoms with Gasteiger partial charge < -0.3 is 10.2 Å². The number of nitrogens with one attached hydrogen (secondary N) is 1. The molecule has 1 heterocycles. The van der Waals surface area contributed by atoms with Gasteiger partial charge in [0.2, 0.25) is 5.91 Å². The fourth-order valence-corrected chi connectivity index (χ4v) is 5.44. The van der Waals surface area contributed by atoms with E-state index in [-0.39, 0.29) is 14.8 Å². The standard InChI is InChI=1S/C17H15ClF3N3O4S/c18-11-3-1-2-4-13(11)29(27,28)10-7-12(14(25)23-16(9-22)5-6-16)24(8-10)15(26)17(19,20)21/h1-4,10,12H,5-8H2,(H,23,25)/t10-,12+/m1/s1. The quantitative estimate of drug-likeness (QED) is 0.754. The first-order valence-electron chi connectivity index (χ1n) is 8.51. The maximum absolute atomic E-state index is 13.0. The largest absolute Gasteiger partial charge is 0.471 e. The van der Waals surface area contributed by atoms with Gasteiger partial charge in [-0.25, -0.2) is 8.42 Å². The van der Waals surface area contributed by atoms with Gasteiger partial charge in [-0.15, -0.1) is 0 Å². The lowest BCUT2D eigenvalue weighted by Crippen LogP contribution is -2.52. The predicted molar refractivity (Wildman–Crippen MR) is 94.3 cm³/mol. The Morgan fingerprint density at radius 3 is 2.41 bits per heavy atom. The molecule has 0 unspecified atom stereocenters. The second-order valence-electron chi connectivity index (χ2n) is 6.99. The molecular weight excluding hydrogens is 435 g/mol. The van der Waals surface area contributed by atoms with Gasteiger partial charge >= 0.3 is 12.1 Å². The van der Waals surface area contributed by atoms with Crippen LogP contribution in [0.4, 0.5) is 13.2 Å². The van der Waals surface area contributed by atoms with Crippen molar-refractivity contribution in [2.24, 2.45) is 0 Å². The molecular formula is C17H15ClF3N3O4S. The molecule has 2 fully saturated rings. The number of nitriles is 1. The SMILES string of the molecule is N#CC1(NC(=O)[C@@H]2C[C@@H](S(=O)(=O)c3ccccc3Cl)CN2C(=O)C(F)(F)F)CC1. The maximum atomic E-state index is 13.0. The normalized spacial score (nSPS) is 23.3. The Kier molecular flexibility index (Phi) is 5.29. The molecule has 1 aromatic carbocycles. The molecule has 2 atom stereocenters. The Balaban J connectivity index is 1.92. The Morgan fingerprint density at radius 2 is 1.90 bits per heavy atom. The molecule has 1 aliphatic carbocycles. The highest BCUT2D eigenvalue weighted by atomic mass is 35.5. The van der Waals surface area contributed by atoms with Gasteiger partial charge in [0.15, 0.2) is 9.84 Å². The minimum atomic E-state index is -5.28. The van der Waals surface area contributed by atoms with Crippen LogP contribution in [-0.4, -0.2) is 54.7 Å². The minimum absolute atomic E-state index is 0.115. The third-order valence-electron chi connectivity index (χ3n) is 4.98. The number of likely N-dealkylation sites (tertiary alicyclic amines) is 1. The number of sulfone groups is 1. The molecule has 3 rings (SSSR count). The van der Waals surface area contributed by atoms with Gasteiger partial charge in [-0.1, -0.05) is 23.7 Å². The highest BCUT2D eigenvalue weighted by Gasteiger charge is 2.54. The number of nitrogens with zero attached hydrogens (tertiary/aromatic N) is 2. The number of carbonyl (C=O) groups is 2. The number of rotatable bonds is 4. The Labute approximate surface area is 169 Å². The Morgan fingerprint density at radius 1 is 1.28 bits per heavy atom. The molecule has 7 nitrogen and oxygen atoms in total. The molecule has 0 bridgehead atoms. The average molecular weight is 450 g/mol. The topological polar surface area (TPSA) is 107 Å². The van der Waals surface area contributed by atoms with Crippen molar-refractivity contribution in [3.05, 3.63) is 29.3 Å². The Bertz CT molecular complexity index is 1000. The van der Waals surface area contributed by atoms with Gasteiger partial charge in [0.1, 0.15) is 11.6 Å². The molecule has 29 heavy (non-hydrogen) atoms. The molecule has 2 aliphatic rings. The molecule has 12 heteroatoms. The van der Waals surface area contributed by atoms with Crippen molar-refractivity contribution in [2.45, 2.75) is 47.2 Å². The molecule has 0 aromatic heterocycles. The number of halogens is 4. The van der Waals surface area contributed by atoms with E-state index in [9.17, 15) is 31.2 Å². The average Bonchev–Trinajstić information content (AvgIpc) is 3.26. The van der Waals surface area contributed by atoms with Crippen molar-refractivity contribution < 1.29 is 31.2 Å². The number of alkyl halides is 3. The third-order valence-corrected chi connectivity index (χ3v) is 7.61. The second-order valence-corrected chi connectivity index (χ2v) is 9.59. The van der Waals surface area contributed by atoms with Crippen LogP contribution in [0.3, 0.4) is 0 Å². The molecule has 0 spiro atoms. The van der Waals surface area contributed by atoms with E-state index in [1.807, 2.05) is 6.07 Å². The zero-order valence-corrected chi connectivity index (χ0v) is 16.3. The van der Waals surface area contributed by atoms with Gasteiger partial charge in [-0.2, -0.15) is 18.4 Å². The summed E-state index contributed by atoms with van der Waals surface area (Å²) in [5, 5.41) is 9.84. The van der Waals surface area contributed by atoms with Crippen LogP contribution in [0.15, 0.2) is 29.2 Å². The molecule has 1 N–H and O–H groups in total. The summed E-state index contributed by atoms with van der Waals surface area (Å²) in [5.41, 5.74) is -1.18. The van der Waals surface area contributed by atoms with E-state index in [2.05, 4.69) is 5.32 Å². The van der Waals surface area contributed by atoms with E-state index in [0.717, 1.165) is 0 Å². The lowest BCUT2D eigenvalue weighted by molar-refractivity contribution is -0.186. The van der Waals surface area contributed by atoms with Crippen molar-refractivity contribution >= 4 is 33.3 Å². The summed E-state index contributed by atoms with van der Waals surface area (Å²) in [6, 6.07) is 5.60. The van der Waals surface area contributed by atoms with E-state index < -0.39 is 57.6 Å². The van der Waals surface area contributed by atoms with Crippen LogP contribution in [-0.2, 0) is 19.4 Å². The van der Waals surface area contributed by atoms with Gasteiger partial charge in [-0.05, 0) is 31.4 Å². The van der Waals surface area contributed by atoms with E-state index in [0.29, 0.717) is 12.8 Å². The number of carbonyl (C=O) groups excluding carboxylic acids is 2. The first-order chi connectivity index (χ1) is 13.4. The van der Waals surface area contributed by atoms with Gasteiger partial charge in [0.05, 0.1) is 21.2 Å². The highest BCUT2D eigenvalue weighted by molar-refractivity contribution is 7.92. The number of amides is 2. The number of benzene rings is 1. The van der Waals surface area contributed by atoms with E-state index >= 15 is 0 Å². The fraction of sp³-hybridized carbons (Fsp3) is 0.471. The summed E-state index contributed by atoms with van der Waals surface area (Å²) in [6.07, 6.45) is -5.16.